The molecule has 0 atom stereocenters. The van der Waals surface area contributed by atoms with Gasteiger partial charge in [0, 0.05) is 16.6 Å². The molecule has 1 N–H and O–H groups in total. The van der Waals surface area contributed by atoms with E-state index in [1.165, 1.54) is 11.3 Å². The van der Waals surface area contributed by atoms with E-state index in [0.717, 1.165) is 4.88 Å². The summed E-state index contributed by atoms with van der Waals surface area (Å²) in [5, 5.41) is 2.83. The SMILES string of the molecule is O=C(NCc1cncs1)c1ccccc1. The van der Waals surface area contributed by atoms with Gasteiger partial charge < -0.3 is 5.32 Å². The summed E-state index contributed by atoms with van der Waals surface area (Å²) in [5.74, 6) is -0.0519. The number of thiazole rings is 1. The van der Waals surface area contributed by atoms with Gasteiger partial charge in [-0.2, -0.15) is 0 Å². The number of carbonyl (C=O) groups is 1. The molecule has 76 valence electrons. The Hall–Kier alpha value is -1.68. The van der Waals surface area contributed by atoms with Gasteiger partial charge in [0.2, 0.25) is 0 Å². The maximum atomic E-state index is 11.6. The molecule has 3 nitrogen and oxygen atoms in total. The summed E-state index contributed by atoms with van der Waals surface area (Å²) in [7, 11) is 0. The molecule has 0 aliphatic rings. The van der Waals surface area contributed by atoms with Crippen LogP contribution in [0.2, 0.25) is 0 Å². The van der Waals surface area contributed by atoms with Crippen molar-refractivity contribution in [3.8, 4) is 0 Å². The zero-order valence-electron chi connectivity index (χ0n) is 8.01. The Morgan fingerprint density at radius 2 is 2.13 bits per heavy atom. The standard InChI is InChI=1S/C11H10N2OS/c14-11(9-4-2-1-3-5-9)13-7-10-6-12-8-15-10/h1-6,8H,7H2,(H,13,14). The van der Waals surface area contributed by atoms with Crippen molar-refractivity contribution in [2.75, 3.05) is 0 Å². The highest BCUT2D eigenvalue weighted by molar-refractivity contribution is 7.09. The van der Waals surface area contributed by atoms with Gasteiger partial charge >= 0.3 is 0 Å². The first-order chi connectivity index (χ1) is 7.36. The molecule has 15 heavy (non-hydrogen) atoms. The minimum atomic E-state index is -0.0519. The first-order valence-electron chi connectivity index (χ1n) is 4.57. The van der Waals surface area contributed by atoms with E-state index in [1.54, 1.807) is 23.8 Å². The molecule has 4 heteroatoms. The fourth-order valence-corrected chi connectivity index (χ4v) is 1.72. The normalized spacial score (nSPS) is 9.87. The zero-order chi connectivity index (χ0) is 10.5. The third-order valence-corrected chi connectivity index (χ3v) is 2.72. The van der Waals surface area contributed by atoms with Gasteiger partial charge in [0.05, 0.1) is 12.1 Å². The van der Waals surface area contributed by atoms with Crippen LogP contribution in [0.15, 0.2) is 42.0 Å². The Morgan fingerprint density at radius 1 is 1.33 bits per heavy atom. The van der Waals surface area contributed by atoms with Crippen molar-refractivity contribution >= 4 is 17.2 Å². The minimum absolute atomic E-state index is 0.0519. The highest BCUT2D eigenvalue weighted by Crippen LogP contribution is 2.05. The van der Waals surface area contributed by atoms with Crippen LogP contribution < -0.4 is 5.32 Å². The van der Waals surface area contributed by atoms with E-state index in [4.69, 9.17) is 0 Å². The van der Waals surface area contributed by atoms with E-state index in [-0.39, 0.29) is 5.91 Å². The lowest BCUT2D eigenvalue weighted by molar-refractivity contribution is 0.0951. The van der Waals surface area contributed by atoms with E-state index in [2.05, 4.69) is 10.3 Å². The molecule has 1 amide bonds. The van der Waals surface area contributed by atoms with E-state index >= 15 is 0 Å². The molecule has 1 aromatic heterocycles. The highest BCUT2D eigenvalue weighted by atomic mass is 32.1. The molecule has 0 fully saturated rings. The quantitative estimate of drug-likeness (QED) is 0.857. The van der Waals surface area contributed by atoms with Crippen LogP contribution in [0, 0.1) is 0 Å². The summed E-state index contributed by atoms with van der Waals surface area (Å²) in [5.41, 5.74) is 2.44. The fraction of sp³-hybridized carbons (Fsp3) is 0.0909. The third-order valence-electron chi connectivity index (χ3n) is 1.94. The maximum absolute atomic E-state index is 11.6. The number of hydrogen-bond donors (Lipinski definition) is 1. The van der Waals surface area contributed by atoms with Crippen molar-refractivity contribution in [2.45, 2.75) is 6.54 Å². The lowest BCUT2D eigenvalue weighted by Crippen LogP contribution is -2.22. The number of amides is 1. The number of benzene rings is 1. The van der Waals surface area contributed by atoms with Crippen LogP contribution in [-0.2, 0) is 6.54 Å². The molecular weight excluding hydrogens is 208 g/mol. The molecule has 1 heterocycles. The van der Waals surface area contributed by atoms with Crippen LogP contribution in [-0.4, -0.2) is 10.9 Å². The number of carbonyl (C=O) groups excluding carboxylic acids is 1. The van der Waals surface area contributed by atoms with Crippen LogP contribution in [0.4, 0.5) is 0 Å². The lowest BCUT2D eigenvalue weighted by atomic mass is 10.2. The smallest absolute Gasteiger partial charge is 0.251 e. The predicted molar refractivity (Wildman–Crippen MR) is 59.7 cm³/mol. The second kappa shape index (κ2) is 4.70. The monoisotopic (exact) mass is 218 g/mol. The molecule has 2 aromatic rings. The maximum Gasteiger partial charge on any atom is 0.251 e. The Kier molecular flexibility index (Phi) is 3.09. The van der Waals surface area contributed by atoms with Crippen LogP contribution >= 0.6 is 11.3 Å². The van der Waals surface area contributed by atoms with Gasteiger partial charge in [0.25, 0.3) is 5.91 Å². The van der Waals surface area contributed by atoms with Crippen molar-refractivity contribution in [1.29, 1.82) is 0 Å². The van der Waals surface area contributed by atoms with E-state index in [9.17, 15) is 4.79 Å². The zero-order valence-corrected chi connectivity index (χ0v) is 8.83. The second-order valence-corrected chi connectivity index (χ2v) is 3.99. The van der Waals surface area contributed by atoms with Gasteiger partial charge in [-0.25, -0.2) is 0 Å². The summed E-state index contributed by atoms with van der Waals surface area (Å²) in [4.78, 5) is 16.6. The average Bonchev–Trinajstić information content (AvgIpc) is 2.80. The van der Waals surface area contributed by atoms with Crippen molar-refractivity contribution in [3.05, 3.63) is 52.5 Å². The van der Waals surface area contributed by atoms with Gasteiger partial charge in [-0.15, -0.1) is 11.3 Å². The van der Waals surface area contributed by atoms with Crippen molar-refractivity contribution < 1.29 is 4.79 Å². The molecule has 0 saturated carbocycles. The first kappa shape index (κ1) is 9.86. The average molecular weight is 218 g/mol. The van der Waals surface area contributed by atoms with E-state index < -0.39 is 0 Å². The number of nitrogens with zero attached hydrogens (tertiary/aromatic N) is 1. The summed E-state index contributed by atoms with van der Waals surface area (Å²) in [6, 6.07) is 9.17. The highest BCUT2D eigenvalue weighted by Gasteiger charge is 2.03. The van der Waals surface area contributed by atoms with Crippen LogP contribution in [0.5, 0.6) is 0 Å². The predicted octanol–water partition coefficient (Wildman–Crippen LogP) is 2.07. The van der Waals surface area contributed by atoms with Gasteiger partial charge in [0.1, 0.15) is 0 Å². The van der Waals surface area contributed by atoms with Crippen LogP contribution in [0.3, 0.4) is 0 Å². The minimum Gasteiger partial charge on any atom is -0.347 e. The van der Waals surface area contributed by atoms with E-state index in [0.29, 0.717) is 12.1 Å². The van der Waals surface area contributed by atoms with Crippen LogP contribution in [0.25, 0.3) is 0 Å². The topological polar surface area (TPSA) is 42.0 Å². The van der Waals surface area contributed by atoms with Gasteiger partial charge in [-0.05, 0) is 12.1 Å². The van der Waals surface area contributed by atoms with Crippen LogP contribution in [0.1, 0.15) is 15.2 Å². The summed E-state index contributed by atoms with van der Waals surface area (Å²) >= 11 is 1.53. The van der Waals surface area contributed by atoms with Crippen molar-refractivity contribution in [3.63, 3.8) is 0 Å². The Bertz CT molecular complexity index is 425. The molecule has 0 radical (unpaired) electrons. The lowest BCUT2D eigenvalue weighted by Gasteiger charge is -2.02. The van der Waals surface area contributed by atoms with Crippen molar-refractivity contribution in [1.82, 2.24) is 10.3 Å². The fourth-order valence-electron chi connectivity index (χ4n) is 1.19. The van der Waals surface area contributed by atoms with Crippen molar-refractivity contribution in [2.24, 2.45) is 0 Å². The molecule has 0 aliphatic carbocycles. The summed E-state index contributed by atoms with van der Waals surface area (Å²) in [6.07, 6.45) is 1.76. The van der Waals surface area contributed by atoms with E-state index in [1.807, 2.05) is 18.2 Å². The Balaban J connectivity index is 1.94. The molecule has 0 saturated heterocycles. The van der Waals surface area contributed by atoms with Gasteiger partial charge in [0.15, 0.2) is 0 Å². The molecule has 0 unspecified atom stereocenters. The number of aromatic nitrogens is 1. The molecule has 0 spiro atoms. The molecule has 2 rings (SSSR count). The molecule has 0 aliphatic heterocycles. The molecular formula is C11H10N2OS. The summed E-state index contributed by atoms with van der Waals surface area (Å²) < 4.78 is 0. The summed E-state index contributed by atoms with van der Waals surface area (Å²) in [6.45, 7) is 0.540. The van der Waals surface area contributed by atoms with Gasteiger partial charge in [-0.3, -0.25) is 9.78 Å². The number of nitrogens with one attached hydrogen (secondary N) is 1. The Morgan fingerprint density at radius 3 is 2.80 bits per heavy atom. The van der Waals surface area contributed by atoms with Gasteiger partial charge in [-0.1, -0.05) is 18.2 Å². The largest absolute Gasteiger partial charge is 0.347 e. The first-order valence-corrected chi connectivity index (χ1v) is 5.45. The molecule has 1 aromatic carbocycles. The Labute approximate surface area is 91.8 Å². The number of hydrogen-bond acceptors (Lipinski definition) is 3. The third kappa shape index (κ3) is 2.63. The number of rotatable bonds is 3. The second-order valence-electron chi connectivity index (χ2n) is 3.02. The molecule has 0 bridgehead atoms.